The Kier molecular flexibility index (Phi) is 6.92. The molecule has 6 rings (SSSR count). The van der Waals surface area contributed by atoms with Gasteiger partial charge in [0.1, 0.15) is 19.3 Å². The molecule has 2 saturated heterocycles. The Morgan fingerprint density at radius 3 is 2.84 bits per heavy atom. The van der Waals surface area contributed by atoms with Crippen LogP contribution in [0.3, 0.4) is 0 Å². The highest BCUT2D eigenvalue weighted by atomic mass is 32.1. The summed E-state index contributed by atoms with van der Waals surface area (Å²) in [7, 11) is 0. The predicted octanol–water partition coefficient (Wildman–Crippen LogP) is 3.95. The fourth-order valence-corrected chi connectivity index (χ4v) is 6.47. The van der Waals surface area contributed by atoms with Crippen molar-refractivity contribution in [1.82, 2.24) is 10.2 Å². The van der Waals surface area contributed by atoms with Crippen molar-refractivity contribution >= 4 is 33.0 Å². The van der Waals surface area contributed by atoms with Crippen LogP contribution in [0.4, 0.5) is 10.1 Å². The molecule has 3 aliphatic rings. The molecular formula is C28H32FN3O4S. The number of aliphatic hydroxyl groups is 1. The molecule has 196 valence electrons. The molecule has 37 heavy (non-hydrogen) atoms. The second-order valence-electron chi connectivity index (χ2n) is 10.2. The monoisotopic (exact) mass is 525 g/mol. The van der Waals surface area contributed by atoms with Crippen LogP contribution in [0.15, 0.2) is 41.8 Å². The number of carbonyl (C=O) groups excluding carboxylic acids is 1. The van der Waals surface area contributed by atoms with Crippen LogP contribution in [0.2, 0.25) is 0 Å². The number of hydrogen-bond acceptors (Lipinski definition) is 7. The van der Waals surface area contributed by atoms with E-state index in [-0.39, 0.29) is 17.6 Å². The first kappa shape index (κ1) is 24.5. The van der Waals surface area contributed by atoms with Crippen molar-refractivity contribution in [2.24, 2.45) is 5.92 Å². The summed E-state index contributed by atoms with van der Waals surface area (Å²) in [5.41, 5.74) is 1.51. The fraction of sp³-hybridized carbons (Fsp3) is 0.464. The summed E-state index contributed by atoms with van der Waals surface area (Å²) >= 11 is 1.72. The van der Waals surface area contributed by atoms with Gasteiger partial charge in [-0.05, 0) is 79.0 Å². The molecule has 0 aliphatic carbocycles. The molecule has 0 spiro atoms. The van der Waals surface area contributed by atoms with E-state index in [0.717, 1.165) is 44.6 Å². The highest BCUT2D eigenvalue weighted by Gasteiger charge is 2.34. The molecule has 0 saturated carbocycles. The smallest absolute Gasteiger partial charge is 0.225 e. The van der Waals surface area contributed by atoms with Gasteiger partial charge in [0, 0.05) is 30.0 Å². The molecule has 1 aromatic heterocycles. The van der Waals surface area contributed by atoms with Gasteiger partial charge in [0.2, 0.25) is 5.91 Å². The van der Waals surface area contributed by atoms with E-state index < -0.39 is 18.0 Å². The van der Waals surface area contributed by atoms with Crippen LogP contribution < -0.4 is 19.7 Å². The lowest BCUT2D eigenvalue weighted by Gasteiger charge is -2.30. The average Bonchev–Trinajstić information content (AvgIpc) is 3.69. The average molecular weight is 526 g/mol. The van der Waals surface area contributed by atoms with E-state index in [2.05, 4.69) is 44.8 Å². The minimum absolute atomic E-state index is 0.0686. The van der Waals surface area contributed by atoms with Crippen LogP contribution in [0.1, 0.15) is 30.9 Å². The second-order valence-corrected chi connectivity index (χ2v) is 11.1. The number of aliphatic hydroxyl groups excluding tert-OH is 1. The Labute approximate surface area is 219 Å². The van der Waals surface area contributed by atoms with Gasteiger partial charge in [-0.15, -0.1) is 11.3 Å². The van der Waals surface area contributed by atoms with Gasteiger partial charge in [0.15, 0.2) is 17.3 Å². The Morgan fingerprint density at radius 1 is 1.14 bits per heavy atom. The zero-order valence-electron chi connectivity index (χ0n) is 20.7. The number of rotatable bonds is 7. The van der Waals surface area contributed by atoms with Gasteiger partial charge in [-0.25, -0.2) is 4.39 Å². The Bertz CT molecular complexity index is 1280. The van der Waals surface area contributed by atoms with Gasteiger partial charge in [0.05, 0.1) is 12.0 Å². The summed E-state index contributed by atoms with van der Waals surface area (Å²) in [6, 6.07) is 10.9. The Hall–Kier alpha value is -2.88. The molecule has 0 bridgehead atoms. The van der Waals surface area contributed by atoms with E-state index in [1.807, 2.05) is 0 Å². The van der Waals surface area contributed by atoms with E-state index in [4.69, 9.17) is 9.47 Å². The number of benzene rings is 2. The van der Waals surface area contributed by atoms with Crippen LogP contribution >= 0.6 is 11.3 Å². The predicted molar refractivity (Wildman–Crippen MR) is 142 cm³/mol. The first-order valence-corrected chi connectivity index (χ1v) is 13.9. The molecule has 2 aromatic carbocycles. The number of carbonyl (C=O) groups is 1. The maximum atomic E-state index is 14.7. The van der Waals surface area contributed by atoms with Crippen molar-refractivity contribution in [3.05, 3.63) is 53.2 Å². The molecule has 4 heterocycles. The molecule has 9 heteroatoms. The normalized spacial score (nSPS) is 21.4. The first-order valence-electron chi connectivity index (χ1n) is 13.1. The number of ether oxygens (including phenoxy) is 2. The number of nitrogens with zero attached hydrogens (tertiary/aromatic N) is 2. The first-order chi connectivity index (χ1) is 18.0. The third-order valence-corrected chi connectivity index (χ3v) is 8.57. The highest BCUT2D eigenvalue weighted by Crippen LogP contribution is 2.37. The van der Waals surface area contributed by atoms with E-state index in [0.29, 0.717) is 37.6 Å². The van der Waals surface area contributed by atoms with E-state index >= 15 is 0 Å². The maximum absolute atomic E-state index is 14.7. The highest BCUT2D eigenvalue weighted by molar-refractivity contribution is 7.17. The lowest BCUT2D eigenvalue weighted by molar-refractivity contribution is -0.126. The minimum Gasteiger partial charge on any atom is -0.486 e. The molecule has 1 amide bonds. The van der Waals surface area contributed by atoms with Crippen molar-refractivity contribution in [2.75, 3.05) is 50.8 Å². The van der Waals surface area contributed by atoms with Gasteiger partial charge in [-0.2, -0.15) is 0 Å². The third-order valence-electron chi connectivity index (χ3n) is 7.69. The SMILES string of the molecule is O=C(N[C@H](CN1CCCC1)[C@H](O)c1cc(F)c2c(c1)OCCO2)C1CCN(c2ccc3ccsc3c2)C1. The quantitative estimate of drug-likeness (QED) is 0.487. The Balaban J connectivity index is 1.17. The molecule has 3 atom stereocenters. The largest absolute Gasteiger partial charge is 0.486 e. The standard InChI is InChI=1S/C28H32FN3O4S/c29-22-13-20(14-24-27(22)36-11-10-35-24)26(33)23(17-31-7-1-2-8-31)30-28(34)19-5-9-32(16-19)21-4-3-18-6-12-37-25(18)15-21/h3-4,6,12-15,19,23,26,33H,1-2,5,7-11,16-17H2,(H,30,34)/t19?,23-,26-/m1/s1. The number of halogens is 1. The summed E-state index contributed by atoms with van der Waals surface area (Å²) in [5.74, 6) is -0.438. The van der Waals surface area contributed by atoms with E-state index in [9.17, 15) is 14.3 Å². The summed E-state index contributed by atoms with van der Waals surface area (Å²) in [5, 5.41) is 17.8. The molecule has 1 unspecified atom stereocenters. The van der Waals surface area contributed by atoms with Crippen LogP contribution in [0.5, 0.6) is 11.5 Å². The summed E-state index contributed by atoms with van der Waals surface area (Å²) in [6.45, 7) is 4.43. The third kappa shape index (κ3) is 5.12. The number of fused-ring (bicyclic) bond motifs is 2. The maximum Gasteiger partial charge on any atom is 0.225 e. The second kappa shape index (κ2) is 10.5. The topological polar surface area (TPSA) is 74.3 Å². The fourth-order valence-electron chi connectivity index (χ4n) is 5.65. The van der Waals surface area contributed by atoms with Crippen molar-refractivity contribution < 1.29 is 23.8 Å². The van der Waals surface area contributed by atoms with Crippen molar-refractivity contribution in [1.29, 1.82) is 0 Å². The van der Waals surface area contributed by atoms with Gasteiger partial charge in [-0.3, -0.25) is 4.79 Å². The number of hydrogen-bond donors (Lipinski definition) is 2. The molecular weight excluding hydrogens is 493 g/mol. The molecule has 3 aliphatic heterocycles. The number of thiophene rings is 1. The van der Waals surface area contributed by atoms with Crippen molar-refractivity contribution in [3.63, 3.8) is 0 Å². The van der Waals surface area contributed by atoms with E-state index in [1.165, 1.54) is 16.2 Å². The zero-order chi connectivity index (χ0) is 25.4. The van der Waals surface area contributed by atoms with Crippen molar-refractivity contribution in [2.45, 2.75) is 31.4 Å². The summed E-state index contributed by atoms with van der Waals surface area (Å²) < 4.78 is 26.9. The molecule has 2 fully saturated rings. The van der Waals surface area contributed by atoms with Gasteiger partial charge >= 0.3 is 0 Å². The molecule has 3 aromatic rings. The van der Waals surface area contributed by atoms with Crippen LogP contribution in [0, 0.1) is 11.7 Å². The minimum atomic E-state index is -1.08. The lowest BCUT2D eigenvalue weighted by atomic mass is 9.99. The van der Waals surface area contributed by atoms with Crippen LogP contribution in [-0.2, 0) is 4.79 Å². The van der Waals surface area contributed by atoms with Gasteiger partial charge in [-0.1, -0.05) is 6.07 Å². The number of nitrogens with one attached hydrogen (secondary N) is 1. The molecule has 0 radical (unpaired) electrons. The zero-order valence-corrected chi connectivity index (χ0v) is 21.5. The van der Waals surface area contributed by atoms with Gasteiger partial charge < -0.3 is 29.7 Å². The number of anilines is 1. The molecule has 2 N–H and O–H groups in total. The number of likely N-dealkylation sites (tertiary alicyclic amines) is 1. The number of amides is 1. The lowest BCUT2D eigenvalue weighted by Crippen LogP contribution is -2.48. The van der Waals surface area contributed by atoms with Crippen molar-refractivity contribution in [3.8, 4) is 11.5 Å². The van der Waals surface area contributed by atoms with Crippen LogP contribution in [-0.4, -0.2) is 67.9 Å². The summed E-state index contributed by atoms with van der Waals surface area (Å²) in [6.07, 6.45) is 1.87. The summed E-state index contributed by atoms with van der Waals surface area (Å²) in [4.78, 5) is 17.9. The molecule has 7 nitrogen and oxygen atoms in total. The van der Waals surface area contributed by atoms with E-state index in [1.54, 1.807) is 17.4 Å². The van der Waals surface area contributed by atoms with Gasteiger partial charge in [0.25, 0.3) is 0 Å². The Morgan fingerprint density at radius 2 is 1.97 bits per heavy atom. The van der Waals surface area contributed by atoms with Crippen LogP contribution in [0.25, 0.3) is 10.1 Å².